The number of nitrogens with zero attached hydrogens (tertiary/aromatic N) is 1. The normalized spacial score (nSPS) is 20.1. The molecule has 0 saturated carbocycles. The summed E-state index contributed by atoms with van der Waals surface area (Å²) in [6.45, 7) is -1.25. The van der Waals surface area contributed by atoms with Crippen LogP contribution in [0.25, 0.3) is 0 Å². The fraction of sp³-hybridized carbons (Fsp3) is 0.318. The summed E-state index contributed by atoms with van der Waals surface area (Å²) < 4.78 is 38.0. The minimum Gasteiger partial charge on any atom is -0.480 e. The van der Waals surface area contributed by atoms with E-state index in [9.17, 15) is 28.3 Å². The maximum absolute atomic E-state index is 14.7. The molecule has 0 unspecified atom stereocenters. The number of carbonyl (C=O) groups excluding carboxylic acids is 2. The van der Waals surface area contributed by atoms with Crippen LogP contribution >= 0.6 is 0 Å². The van der Waals surface area contributed by atoms with Crippen molar-refractivity contribution in [3.63, 3.8) is 0 Å². The minimum absolute atomic E-state index is 0.236. The zero-order chi connectivity index (χ0) is 23.3. The third-order valence-corrected chi connectivity index (χ3v) is 4.96. The number of halogens is 2. The Morgan fingerprint density at radius 3 is 2.28 bits per heavy atom. The lowest BCUT2D eigenvalue weighted by molar-refractivity contribution is -0.147. The lowest BCUT2D eigenvalue weighted by Gasteiger charge is -2.22. The van der Waals surface area contributed by atoms with Crippen molar-refractivity contribution >= 4 is 17.8 Å². The molecule has 1 aliphatic rings. The number of likely N-dealkylation sites (tertiary alicyclic amines) is 1. The van der Waals surface area contributed by atoms with Crippen molar-refractivity contribution in [1.29, 1.82) is 0 Å². The van der Waals surface area contributed by atoms with E-state index in [0.29, 0.717) is 11.5 Å². The Balaban J connectivity index is 1.57. The van der Waals surface area contributed by atoms with E-state index in [2.05, 4.69) is 5.32 Å². The molecule has 0 spiro atoms. The van der Waals surface area contributed by atoms with Gasteiger partial charge in [0.1, 0.15) is 23.4 Å². The van der Waals surface area contributed by atoms with Crippen LogP contribution in [0.3, 0.4) is 0 Å². The first-order valence-electron chi connectivity index (χ1n) is 9.72. The SMILES string of the molecule is COC[C@@]1(F)C[C@@H](C(=O)O)N(C(=O)CNC(=O)c2ccc(Oc3ccc(F)cc3)cc2)C1. The van der Waals surface area contributed by atoms with Gasteiger partial charge in [-0.1, -0.05) is 0 Å². The van der Waals surface area contributed by atoms with Crippen molar-refractivity contribution in [3.05, 3.63) is 59.9 Å². The van der Waals surface area contributed by atoms with Crippen molar-refractivity contribution in [3.8, 4) is 11.5 Å². The van der Waals surface area contributed by atoms with Crippen LogP contribution in [0.1, 0.15) is 16.8 Å². The van der Waals surface area contributed by atoms with Gasteiger partial charge in [0.25, 0.3) is 5.91 Å². The Morgan fingerprint density at radius 1 is 1.12 bits per heavy atom. The van der Waals surface area contributed by atoms with Crippen LogP contribution < -0.4 is 10.1 Å². The van der Waals surface area contributed by atoms with Gasteiger partial charge in [-0.15, -0.1) is 0 Å². The molecular formula is C22H22F2N2O6. The number of hydrogen-bond donors (Lipinski definition) is 2. The Morgan fingerprint density at radius 2 is 1.72 bits per heavy atom. The summed E-state index contributed by atoms with van der Waals surface area (Å²) in [5, 5.41) is 11.7. The number of hydrogen-bond acceptors (Lipinski definition) is 5. The second-order valence-electron chi connectivity index (χ2n) is 7.43. The lowest BCUT2D eigenvalue weighted by Crippen LogP contribution is -2.46. The highest BCUT2D eigenvalue weighted by Crippen LogP contribution is 2.31. The number of carboxylic acids is 1. The zero-order valence-electron chi connectivity index (χ0n) is 17.2. The first-order chi connectivity index (χ1) is 15.2. The summed E-state index contributed by atoms with van der Waals surface area (Å²) in [5.41, 5.74) is -1.72. The van der Waals surface area contributed by atoms with E-state index in [1.54, 1.807) is 0 Å². The highest BCUT2D eigenvalue weighted by molar-refractivity contribution is 5.97. The third-order valence-electron chi connectivity index (χ3n) is 4.96. The molecule has 8 nitrogen and oxygen atoms in total. The van der Waals surface area contributed by atoms with Crippen molar-refractivity contribution in [2.45, 2.75) is 18.1 Å². The monoisotopic (exact) mass is 448 g/mol. The van der Waals surface area contributed by atoms with Crippen LogP contribution in [-0.2, 0) is 14.3 Å². The lowest BCUT2D eigenvalue weighted by atomic mass is 10.0. The molecule has 0 aromatic heterocycles. The average molecular weight is 448 g/mol. The molecule has 1 heterocycles. The van der Waals surface area contributed by atoms with Crippen molar-refractivity contribution in [1.82, 2.24) is 10.2 Å². The van der Waals surface area contributed by atoms with Gasteiger partial charge < -0.3 is 24.8 Å². The van der Waals surface area contributed by atoms with Crippen LogP contribution in [0, 0.1) is 5.82 Å². The van der Waals surface area contributed by atoms with E-state index in [-0.39, 0.29) is 18.6 Å². The Kier molecular flexibility index (Phi) is 7.04. The van der Waals surface area contributed by atoms with Gasteiger partial charge in [0.2, 0.25) is 5.91 Å². The third kappa shape index (κ3) is 5.58. The van der Waals surface area contributed by atoms with Crippen molar-refractivity contribution < 1.29 is 37.7 Å². The number of rotatable bonds is 8. The average Bonchev–Trinajstić information content (AvgIpc) is 3.12. The van der Waals surface area contributed by atoms with Gasteiger partial charge in [0, 0.05) is 19.1 Å². The zero-order valence-corrected chi connectivity index (χ0v) is 17.2. The summed E-state index contributed by atoms with van der Waals surface area (Å²) in [6, 6.07) is 10.1. The molecule has 32 heavy (non-hydrogen) atoms. The maximum atomic E-state index is 14.7. The van der Waals surface area contributed by atoms with E-state index in [4.69, 9.17) is 9.47 Å². The maximum Gasteiger partial charge on any atom is 0.326 e. The number of alkyl halides is 1. The first-order valence-corrected chi connectivity index (χ1v) is 9.72. The molecule has 2 amide bonds. The first kappa shape index (κ1) is 23.1. The predicted octanol–water partition coefficient (Wildman–Crippen LogP) is 2.39. The quantitative estimate of drug-likeness (QED) is 0.643. The Bertz CT molecular complexity index is 983. The van der Waals surface area contributed by atoms with Gasteiger partial charge in [-0.2, -0.15) is 0 Å². The van der Waals surface area contributed by atoms with Gasteiger partial charge in [-0.05, 0) is 48.5 Å². The highest BCUT2D eigenvalue weighted by atomic mass is 19.1. The second-order valence-corrected chi connectivity index (χ2v) is 7.43. The summed E-state index contributed by atoms with van der Waals surface area (Å²) >= 11 is 0. The number of benzene rings is 2. The van der Waals surface area contributed by atoms with Crippen LogP contribution in [0.4, 0.5) is 8.78 Å². The molecule has 0 radical (unpaired) electrons. The van der Waals surface area contributed by atoms with Gasteiger partial charge in [-0.25, -0.2) is 13.6 Å². The standard InChI is InChI=1S/C22H22F2N2O6/c1-31-13-22(24)10-18(21(29)30)26(12-22)19(27)11-25-20(28)14-2-6-16(7-3-14)32-17-8-4-15(23)5-9-17/h2-9,18H,10-13H2,1H3,(H,25,28)(H,29,30)/t18-,22+/m0/s1. The second kappa shape index (κ2) is 9.73. The van der Waals surface area contributed by atoms with Gasteiger partial charge in [-0.3, -0.25) is 9.59 Å². The van der Waals surface area contributed by atoms with Gasteiger partial charge in [0.05, 0.1) is 19.7 Å². The molecular weight excluding hydrogens is 426 g/mol. The van der Waals surface area contributed by atoms with Crippen LogP contribution in [0.15, 0.2) is 48.5 Å². The number of amides is 2. The number of methoxy groups -OCH3 is 1. The molecule has 2 aromatic carbocycles. The summed E-state index contributed by atoms with van der Waals surface area (Å²) in [4.78, 5) is 37.1. The number of carbonyl (C=O) groups is 3. The molecule has 10 heteroatoms. The molecule has 0 bridgehead atoms. The largest absolute Gasteiger partial charge is 0.480 e. The Labute approximate surface area is 182 Å². The summed E-state index contributed by atoms with van der Waals surface area (Å²) in [5.74, 6) is -2.15. The smallest absolute Gasteiger partial charge is 0.326 e. The molecule has 2 N–H and O–H groups in total. The minimum atomic E-state index is -1.96. The Hall–Kier alpha value is -3.53. The molecule has 170 valence electrons. The number of aliphatic carboxylic acids is 1. The van der Waals surface area contributed by atoms with Crippen LogP contribution in [0.2, 0.25) is 0 Å². The molecule has 1 saturated heterocycles. The number of ether oxygens (including phenoxy) is 2. The van der Waals surface area contributed by atoms with Crippen LogP contribution in [0.5, 0.6) is 11.5 Å². The van der Waals surface area contributed by atoms with Crippen molar-refractivity contribution in [2.75, 3.05) is 26.8 Å². The van der Waals surface area contributed by atoms with E-state index < -0.39 is 48.4 Å². The highest BCUT2D eigenvalue weighted by Gasteiger charge is 2.49. The summed E-state index contributed by atoms with van der Waals surface area (Å²) in [6.07, 6.45) is -0.384. The molecule has 1 fully saturated rings. The van der Waals surface area contributed by atoms with E-state index >= 15 is 0 Å². The van der Waals surface area contributed by atoms with E-state index in [1.165, 1.54) is 55.6 Å². The van der Waals surface area contributed by atoms with Crippen molar-refractivity contribution in [2.24, 2.45) is 0 Å². The molecule has 0 aliphatic carbocycles. The predicted molar refractivity (Wildman–Crippen MR) is 109 cm³/mol. The van der Waals surface area contributed by atoms with E-state index in [1.807, 2.05) is 0 Å². The molecule has 3 rings (SSSR count). The van der Waals surface area contributed by atoms with Gasteiger partial charge in [0.15, 0.2) is 5.67 Å². The summed E-state index contributed by atoms with van der Waals surface area (Å²) in [7, 11) is 1.29. The van der Waals surface area contributed by atoms with Crippen LogP contribution in [-0.4, -0.2) is 66.3 Å². The fourth-order valence-electron chi connectivity index (χ4n) is 3.46. The van der Waals surface area contributed by atoms with E-state index in [0.717, 1.165) is 4.90 Å². The molecule has 1 aliphatic heterocycles. The fourth-order valence-corrected chi connectivity index (χ4v) is 3.46. The number of nitrogens with one attached hydrogen (secondary N) is 1. The molecule has 2 atom stereocenters. The molecule has 2 aromatic rings. The topological polar surface area (TPSA) is 105 Å². The van der Waals surface area contributed by atoms with Gasteiger partial charge >= 0.3 is 5.97 Å². The number of carboxylic acid groups (broad SMARTS) is 1.